The molecular weight excluding hydrogens is 541 g/mol. The smallest absolute Gasteiger partial charge is 0.412 e. The number of hydrogen-bond acceptors (Lipinski definition) is 7. The van der Waals surface area contributed by atoms with Crippen LogP contribution in [0.5, 0.6) is 0 Å². The van der Waals surface area contributed by atoms with Crippen molar-refractivity contribution in [3.63, 3.8) is 0 Å². The Kier molecular flexibility index (Phi) is 10.8. The molecule has 0 heterocycles. The number of benzene rings is 2. The lowest BCUT2D eigenvalue weighted by Gasteiger charge is -2.44. The van der Waals surface area contributed by atoms with Crippen molar-refractivity contribution in [3.8, 4) is 0 Å². The summed E-state index contributed by atoms with van der Waals surface area (Å²) in [5.74, 6) is 0. The van der Waals surface area contributed by atoms with Crippen LogP contribution in [0.25, 0.3) is 0 Å². The summed E-state index contributed by atoms with van der Waals surface area (Å²) >= 11 is 0. The fourth-order valence-corrected chi connectivity index (χ4v) is 23.0. The second-order valence-electron chi connectivity index (χ2n) is 9.07. The molecule has 0 aliphatic heterocycles. The second kappa shape index (κ2) is 12.5. The van der Waals surface area contributed by atoms with Gasteiger partial charge >= 0.3 is 43.0 Å². The Morgan fingerprint density at radius 1 is 0.556 bits per heavy atom. The normalized spacial score (nSPS) is 17.4. The average Bonchev–Trinajstić information content (AvgIpc) is 2.88. The van der Waals surface area contributed by atoms with E-state index in [2.05, 4.69) is 13.2 Å². The van der Waals surface area contributed by atoms with Gasteiger partial charge in [-0.1, -0.05) is 72.1 Å². The summed E-state index contributed by atoms with van der Waals surface area (Å²) in [7, 11) is -10.2. The van der Waals surface area contributed by atoms with E-state index < -0.39 is 43.0 Å². The Balaban J connectivity index is 2.68. The second-order valence-corrected chi connectivity index (χ2v) is 25.4. The Hall–Kier alpha value is -1.28. The van der Waals surface area contributed by atoms with Crippen molar-refractivity contribution >= 4 is 53.4 Å². The van der Waals surface area contributed by atoms with Gasteiger partial charge in [-0.3, -0.25) is 0 Å². The minimum atomic E-state index is -3.45. The quantitative estimate of drug-likeness (QED) is 0.294. The van der Waals surface area contributed by atoms with E-state index in [9.17, 15) is 0 Å². The van der Waals surface area contributed by atoms with Gasteiger partial charge in [0.15, 0.2) is 0 Å². The first-order chi connectivity index (χ1) is 16.8. The van der Waals surface area contributed by atoms with Crippen molar-refractivity contribution in [2.45, 2.75) is 32.7 Å². The predicted octanol–water partition coefficient (Wildman–Crippen LogP) is 4.11. The first-order valence-corrected chi connectivity index (χ1v) is 23.3. The van der Waals surface area contributed by atoms with Gasteiger partial charge in [0.1, 0.15) is 0 Å². The molecule has 0 saturated carbocycles. The molecule has 0 bridgehead atoms. The molecule has 0 spiro atoms. The van der Waals surface area contributed by atoms with E-state index in [-0.39, 0.29) is 0 Å². The summed E-state index contributed by atoms with van der Waals surface area (Å²) in [5.41, 5.74) is 3.51. The summed E-state index contributed by atoms with van der Waals surface area (Å²) in [4.78, 5) is 0. The van der Waals surface area contributed by atoms with Crippen molar-refractivity contribution in [3.05, 3.63) is 85.2 Å². The van der Waals surface area contributed by atoms with Crippen molar-refractivity contribution in [1.29, 1.82) is 0 Å². The van der Waals surface area contributed by atoms with Crippen LogP contribution in [0.3, 0.4) is 0 Å². The lowest BCUT2D eigenvalue weighted by molar-refractivity contribution is 0.170. The van der Waals surface area contributed by atoms with Gasteiger partial charge in [0.05, 0.1) is 0 Å². The van der Waals surface area contributed by atoms with Crippen molar-refractivity contribution in [2.75, 3.05) is 21.3 Å². The zero-order valence-corrected chi connectivity index (χ0v) is 27.7. The largest absolute Gasteiger partial charge is 0.480 e. The Morgan fingerprint density at radius 2 is 0.972 bits per heavy atom. The molecule has 3 unspecified atom stereocenters. The van der Waals surface area contributed by atoms with Crippen molar-refractivity contribution in [1.82, 2.24) is 0 Å². The molecule has 198 valence electrons. The fraction of sp³-hybridized carbons (Fsp3) is 0.333. The molecule has 0 amide bonds. The fourth-order valence-electron chi connectivity index (χ4n) is 3.68. The van der Waals surface area contributed by atoms with Crippen LogP contribution in [0.1, 0.15) is 0 Å². The SMILES string of the molecule is C=C[Si](C)(OC)O[Si](C)(C)O[Si](C)(OC)O[Si](O[Si](C)(C=C)OC)(c1ccccc1)c1ccccc1. The van der Waals surface area contributed by atoms with Crippen LogP contribution in [0.2, 0.25) is 32.7 Å². The van der Waals surface area contributed by atoms with Gasteiger partial charge in [0.2, 0.25) is 0 Å². The Bertz CT molecular complexity index is 957. The molecule has 2 rings (SSSR count). The van der Waals surface area contributed by atoms with Crippen LogP contribution < -0.4 is 10.4 Å². The van der Waals surface area contributed by atoms with Crippen LogP contribution >= 0.6 is 0 Å². The Labute approximate surface area is 222 Å². The molecule has 0 aromatic heterocycles. The van der Waals surface area contributed by atoms with Gasteiger partial charge < -0.3 is 29.7 Å². The van der Waals surface area contributed by atoms with E-state index in [1.54, 1.807) is 32.7 Å². The van der Waals surface area contributed by atoms with E-state index in [1.165, 1.54) is 0 Å². The maximum absolute atomic E-state index is 7.09. The molecule has 2 aromatic carbocycles. The van der Waals surface area contributed by atoms with E-state index in [4.69, 9.17) is 29.7 Å². The summed E-state index contributed by atoms with van der Waals surface area (Å²) in [6.07, 6.45) is 0. The maximum atomic E-state index is 7.09. The molecule has 2 aromatic rings. The summed E-state index contributed by atoms with van der Waals surface area (Å²) < 4.78 is 44.7. The van der Waals surface area contributed by atoms with E-state index in [0.717, 1.165) is 10.4 Å². The first-order valence-electron chi connectivity index (χ1n) is 11.7. The van der Waals surface area contributed by atoms with Crippen LogP contribution in [0.15, 0.2) is 85.2 Å². The standard InChI is InChI=1S/C24H40O7Si5/c1-11-33(8,25-3)28-32(6,7)29-35(10,27-5)31-36(23-19-15-13-16-20-23,24-21-17-14-18-22-24)30-34(9,12-2)26-4/h11-22H,1-2H2,3-10H3. The molecule has 0 aliphatic carbocycles. The van der Waals surface area contributed by atoms with E-state index >= 15 is 0 Å². The Morgan fingerprint density at radius 3 is 1.33 bits per heavy atom. The highest BCUT2D eigenvalue weighted by Crippen LogP contribution is 2.27. The summed E-state index contributed by atoms with van der Waals surface area (Å²) in [5, 5.41) is 1.83. The predicted molar refractivity (Wildman–Crippen MR) is 156 cm³/mol. The third-order valence-corrected chi connectivity index (χ3v) is 24.3. The topological polar surface area (TPSA) is 64.6 Å². The van der Waals surface area contributed by atoms with Crippen LogP contribution in [0, 0.1) is 0 Å². The highest BCUT2D eigenvalue weighted by atomic mass is 28.5. The third-order valence-electron chi connectivity index (χ3n) is 5.79. The van der Waals surface area contributed by atoms with E-state index in [0.29, 0.717) is 0 Å². The van der Waals surface area contributed by atoms with Crippen LogP contribution in [-0.4, -0.2) is 64.4 Å². The molecule has 12 heteroatoms. The van der Waals surface area contributed by atoms with Crippen molar-refractivity contribution in [2.24, 2.45) is 0 Å². The number of rotatable bonds is 15. The van der Waals surface area contributed by atoms with Gasteiger partial charge in [-0.05, 0) is 36.6 Å². The van der Waals surface area contributed by atoms with Gasteiger partial charge in [-0.15, -0.1) is 13.2 Å². The van der Waals surface area contributed by atoms with Gasteiger partial charge in [-0.25, -0.2) is 0 Å². The molecule has 7 nitrogen and oxygen atoms in total. The van der Waals surface area contributed by atoms with Gasteiger partial charge in [-0.2, -0.15) is 0 Å². The van der Waals surface area contributed by atoms with Gasteiger partial charge in [0, 0.05) is 27.9 Å². The maximum Gasteiger partial charge on any atom is 0.480 e. The number of hydrogen-bond donors (Lipinski definition) is 0. The van der Waals surface area contributed by atoms with Crippen LogP contribution in [-0.2, 0) is 29.7 Å². The van der Waals surface area contributed by atoms with E-state index in [1.807, 2.05) is 93.4 Å². The average molecular weight is 581 g/mol. The minimum absolute atomic E-state index is 0.913. The molecule has 0 N–H and O–H groups in total. The van der Waals surface area contributed by atoms with Crippen LogP contribution in [0.4, 0.5) is 0 Å². The summed E-state index contributed by atoms with van der Waals surface area (Å²) in [6, 6.07) is 19.9. The highest BCUT2D eigenvalue weighted by molar-refractivity contribution is 7.02. The molecule has 36 heavy (non-hydrogen) atoms. The molecule has 0 radical (unpaired) electrons. The zero-order valence-electron chi connectivity index (χ0n) is 22.7. The van der Waals surface area contributed by atoms with Crippen molar-refractivity contribution < 1.29 is 29.7 Å². The molecule has 3 atom stereocenters. The lowest BCUT2D eigenvalue weighted by Crippen LogP contribution is -2.73. The highest BCUT2D eigenvalue weighted by Gasteiger charge is 2.56. The monoisotopic (exact) mass is 580 g/mol. The lowest BCUT2D eigenvalue weighted by atomic mass is 10.4. The molecule has 0 fully saturated rings. The zero-order chi connectivity index (χ0) is 27.1. The third kappa shape index (κ3) is 7.62. The minimum Gasteiger partial charge on any atom is -0.412 e. The summed E-state index contributed by atoms with van der Waals surface area (Å²) in [6.45, 7) is 17.6. The molecule has 0 aliphatic rings. The molecular formula is C24H40O7Si5. The van der Waals surface area contributed by atoms with Gasteiger partial charge in [0.25, 0.3) is 0 Å². The first kappa shape index (κ1) is 30.9. The molecule has 0 saturated heterocycles.